The standard InChI is InChI=1S/C12H13F3N2O/c1-11(4-2-5-17-11)10(18)8-7-16-6-3-9(8)12(13,14)15/h3,6-7,17H,2,4-5H2,1H3. The zero-order chi connectivity index (χ0) is 13.4. The minimum atomic E-state index is -4.54. The first-order valence-corrected chi connectivity index (χ1v) is 5.66. The summed E-state index contributed by atoms with van der Waals surface area (Å²) in [6, 6.07) is 0.839. The van der Waals surface area contributed by atoms with Crippen LogP contribution in [-0.4, -0.2) is 22.9 Å². The molecule has 0 bridgehead atoms. The van der Waals surface area contributed by atoms with Crippen molar-refractivity contribution in [1.82, 2.24) is 10.3 Å². The summed E-state index contributed by atoms with van der Waals surface area (Å²) in [4.78, 5) is 15.9. The highest BCUT2D eigenvalue weighted by Crippen LogP contribution is 2.34. The van der Waals surface area contributed by atoms with Gasteiger partial charge in [0.25, 0.3) is 0 Å². The van der Waals surface area contributed by atoms with Gasteiger partial charge in [0.1, 0.15) is 0 Å². The van der Waals surface area contributed by atoms with E-state index in [0.29, 0.717) is 13.0 Å². The highest BCUT2D eigenvalue weighted by Gasteiger charge is 2.42. The maximum absolute atomic E-state index is 12.8. The summed E-state index contributed by atoms with van der Waals surface area (Å²) < 4.78 is 38.5. The Bertz CT molecular complexity index is 465. The van der Waals surface area contributed by atoms with Gasteiger partial charge in [-0.1, -0.05) is 0 Å². The molecule has 0 spiro atoms. The number of nitrogens with zero attached hydrogens (tertiary/aromatic N) is 1. The number of Topliss-reactive ketones (excluding diaryl/α,β-unsaturated/α-hetero) is 1. The summed E-state index contributed by atoms with van der Waals surface area (Å²) in [5.41, 5.74) is -2.19. The molecular formula is C12H13F3N2O. The largest absolute Gasteiger partial charge is 0.417 e. The third-order valence-electron chi connectivity index (χ3n) is 3.24. The Morgan fingerprint density at radius 2 is 2.22 bits per heavy atom. The normalized spacial score (nSPS) is 24.2. The van der Waals surface area contributed by atoms with E-state index in [4.69, 9.17) is 0 Å². The predicted octanol–water partition coefficient (Wildman–Crippen LogP) is 2.43. The Balaban J connectivity index is 2.42. The van der Waals surface area contributed by atoms with Gasteiger partial charge in [0.05, 0.1) is 16.7 Å². The molecule has 0 aromatic carbocycles. The van der Waals surface area contributed by atoms with Gasteiger partial charge in [-0.15, -0.1) is 0 Å². The summed E-state index contributed by atoms with van der Waals surface area (Å²) in [5, 5.41) is 2.97. The number of carbonyl (C=O) groups excluding carboxylic acids is 1. The second-order valence-corrected chi connectivity index (χ2v) is 4.61. The van der Waals surface area contributed by atoms with Gasteiger partial charge in [-0.25, -0.2) is 0 Å². The van der Waals surface area contributed by atoms with Crippen molar-refractivity contribution >= 4 is 5.78 Å². The minimum absolute atomic E-state index is 0.359. The van der Waals surface area contributed by atoms with E-state index >= 15 is 0 Å². The van der Waals surface area contributed by atoms with Crippen LogP contribution in [0, 0.1) is 0 Å². The molecule has 1 N–H and O–H groups in total. The SMILES string of the molecule is CC1(C(=O)c2cnccc2C(F)(F)F)CCCN1. The number of nitrogens with one attached hydrogen (secondary N) is 1. The van der Waals surface area contributed by atoms with Gasteiger partial charge in [-0.05, 0) is 32.4 Å². The van der Waals surface area contributed by atoms with Crippen molar-refractivity contribution in [2.45, 2.75) is 31.5 Å². The summed E-state index contributed by atoms with van der Waals surface area (Å²) in [6.45, 7) is 2.28. The van der Waals surface area contributed by atoms with Crippen LogP contribution in [0.5, 0.6) is 0 Å². The van der Waals surface area contributed by atoms with Gasteiger partial charge >= 0.3 is 6.18 Å². The van der Waals surface area contributed by atoms with Gasteiger partial charge < -0.3 is 5.32 Å². The van der Waals surface area contributed by atoms with Crippen LogP contribution in [-0.2, 0) is 6.18 Å². The molecule has 6 heteroatoms. The van der Waals surface area contributed by atoms with E-state index in [-0.39, 0.29) is 5.56 Å². The average Bonchev–Trinajstić information content (AvgIpc) is 2.75. The Kier molecular flexibility index (Phi) is 3.14. The summed E-state index contributed by atoms with van der Waals surface area (Å²) in [7, 11) is 0. The number of hydrogen-bond acceptors (Lipinski definition) is 3. The Morgan fingerprint density at radius 1 is 1.50 bits per heavy atom. The van der Waals surface area contributed by atoms with Crippen LogP contribution in [0.3, 0.4) is 0 Å². The summed E-state index contributed by atoms with van der Waals surface area (Å²) in [6.07, 6.45) is -1.18. The van der Waals surface area contributed by atoms with Gasteiger partial charge in [-0.3, -0.25) is 9.78 Å². The number of hydrogen-bond donors (Lipinski definition) is 1. The van der Waals surface area contributed by atoms with E-state index < -0.39 is 23.1 Å². The van der Waals surface area contributed by atoms with Crippen LogP contribution < -0.4 is 5.32 Å². The fourth-order valence-electron chi connectivity index (χ4n) is 2.21. The second kappa shape index (κ2) is 4.35. The van der Waals surface area contributed by atoms with Crippen molar-refractivity contribution in [2.75, 3.05) is 6.54 Å². The summed E-state index contributed by atoms with van der Waals surface area (Å²) in [5.74, 6) is -0.541. The molecule has 1 aromatic heterocycles. The quantitative estimate of drug-likeness (QED) is 0.828. The predicted molar refractivity (Wildman–Crippen MR) is 59.2 cm³/mol. The summed E-state index contributed by atoms with van der Waals surface area (Å²) >= 11 is 0. The first kappa shape index (κ1) is 13.0. The number of ketones is 1. The molecule has 0 amide bonds. The Morgan fingerprint density at radius 3 is 2.78 bits per heavy atom. The molecule has 1 atom stereocenters. The number of aromatic nitrogens is 1. The van der Waals surface area contributed by atoms with Crippen molar-refractivity contribution in [3.63, 3.8) is 0 Å². The zero-order valence-corrected chi connectivity index (χ0v) is 9.84. The second-order valence-electron chi connectivity index (χ2n) is 4.61. The third-order valence-corrected chi connectivity index (χ3v) is 3.24. The molecule has 1 saturated heterocycles. The van der Waals surface area contributed by atoms with Crippen LogP contribution in [0.15, 0.2) is 18.5 Å². The highest BCUT2D eigenvalue weighted by molar-refractivity contribution is 6.04. The van der Waals surface area contributed by atoms with Crippen molar-refractivity contribution in [1.29, 1.82) is 0 Å². The molecule has 0 aliphatic carbocycles. The Labute approximate surface area is 102 Å². The number of carbonyl (C=O) groups is 1. The molecule has 1 fully saturated rings. The zero-order valence-electron chi connectivity index (χ0n) is 9.84. The van der Waals surface area contributed by atoms with E-state index in [1.807, 2.05) is 0 Å². The molecule has 0 saturated carbocycles. The van der Waals surface area contributed by atoms with Crippen LogP contribution in [0.2, 0.25) is 0 Å². The number of alkyl halides is 3. The smallest absolute Gasteiger partial charge is 0.305 e. The first-order chi connectivity index (χ1) is 8.34. The van der Waals surface area contributed by atoms with Gasteiger partial charge in [0, 0.05) is 12.4 Å². The van der Waals surface area contributed by atoms with Crippen LogP contribution in [0.1, 0.15) is 35.7 Å². The van der Waals surface area contributed by atoms with Gasteiger partial charge in [0.2, 0.25) is 0 Å². The van der Waals surface area contributed by atoms with Crippen molar-refractivity contribution < 1.29 is 18.0 Å². The molecule has 2 heterocycles. The van der Waals surface area contributed by atoms with Crippen LogP contribution in [0.4, 0.5) is 13.2 Å². The van der Waals surface area contributed by atoms with E-state index in [0.717, 1.165) is 24.9 Å². The molecule has 1 aliphatic heterocycles. The molecule has 98 valence electrons. The van der Waals surface area contributed by atoms with Crippen molar-refractivity contribution in [3.05, 3.63) is 29.6 Å². The fraction of sp³-hybridized carbons (Fsp3) is 0.500. The number of halogens is 3. The molecule has 1 aliphatic rings. The maximum Gasteiger partial charge on any atom is 0.417 e. The van der Waals surface area contributed by atoms with E-state index in [2.05, 4.69) is 10.3 Å². The molecule has 2 rings (SSSR count). The van der Waals surface area contributed by atoms with Crippen molar-refractivity contribution in [2.24, 2.45) is 0 Å². The lowest BCUT2D eigenvalue weighted by molar-refractivity contribution is -0.138. The third kappa shape index (κ3) is 2.25. The molecule has 0 radical (unpaired) electrons. The lowest BCUT2D eigenvalue weighted by Crippen LogP contribution is -2.45. The van der Waals surface area contributed by atoms with Crippen LogP contribution >= 0.6 is 0 Å². The topological polar surface area (TPSA) is 42.0 Å². The molecule has 1 unspecified atom stereocenters. The molecular weight excluding hydrogens is 245 g/mol. The maximum atomic E-state index is 12.8. The minimum Gasteiger partial charge on any atom is -0.305 e. The number of rotatable bonds is 2. The van der Waals surface area contributed by atoms with Crippen LogP contribution in [0.25, 0.3) is 0 Å². The molecule has 1 aromatic rings. The average molecular weight is 258 g/mol. The number of pyridine rings is 1. The fourth-order valence-corrected chi connectivity index (χ4v) is 2.21. The van der Waals surface area contributed by atoms with E-state index in [1.165, 1.54) is 0 Å². The molecule has 3 nitrogen and oxygen atoms in total. The first-order valence-electron chi connectivity index (χ1n) is 5.66. The molecule has 18 heavy (non-hydrogen) atoms. The van der Waals surface area contributed by atoms with Gasteiger partial charge in [-0.2, -0.15) is 13.2 Å². The van der Waals surface area contributed by atoms with E-state index in [9.17, 15) is 18.0 Å². The van der Waals surface area contributed by atoms with Crippen molar-refractivity contribution in [3.8, 4) is 0 Å². The highest BCUT2D eigenvalue weighted by atomic mass is 19.4. The monoisotopic (exact) mass is 258 g/mol. The van der Waals surface area contributed by atoms with E-state index in [1.54, 1.807) is 6.92 Å². The lowest BCUT2D eigenvalue weighted by Gasteiger charge is -2.24. The van der Waals surface area contributed by atoms with Gasteiger partial charge in [0.15, 0.2) is 5.78 Å². The lowest BCUT2D eigenvalue weighted by atomic mass is 9.88. The Hall–Kier alpha value is -1.43.